The minimum atomic E-state index is -0.476. The molecule has 0 saturated heterocycles. The molecule has 0 radical (unpaired) electrons. The zero-order valence-corrected chi connectivity index (χ0v) is 14.7. The Balaban J connectivity index is 2.29. The number of hydrogen-bond donors (Lipinski definition) is 3. The van der Waals surface area contributed by atoms with Gasteiger partial charge in [0.2, 0.25) is 0 Å². The number of aromatic nitrogens is 1. The molecule has 0 aliphatic rings. The molecule has 0 saturated carbocycles. The van der Waals surface area contributed by atoms with Crippen molar-refractivity contribution in [2.24, 2.45) is 5.41 Å². The van der Waals surface area contributed by atoms with Gasteiger partial charge in [-0.15, -0.1) is 0 Å². The number of halogens is 1. The van der Waals surface area contributed by atoms with E-state index in [1.165, 1.54) is 12.1 Å². The minimum absolute atomic E-state index is 0.186. The molecule has 0 atom stereocenters. The lowest BCUT2D eigenvalue weighted by Crippen LogP contribution is -2.16. The molecule has 4 nitrogen and oxygen atoms in total. The van der Waals surface area contributed by atoms with Crippen LogP contribution in [-0.2, 0) is 0 Å². The van der Waals surface area contributed by atoms with Gasteiger partial charge < -0.3 is 16.5 Å². The Morgan fingerprint density at radius 1 is 1.36 bits per heavy atom. The minimum Gasteiger partial charge on any atom is -0.398 e. The van der Waals surface area contributed by atoms with Crippen LogP contribution in [0.2, 0.25) is 0 Å². The van der Waals surface area contributed by atoms with Crippen LogP contribution in [0.1, 0.15) is 31.9 Å². The number of pyridine rings is 1. The number of nitrogens with zero attached hydrogens (tertiary/aromatic N) is 1. The van der Waals surface area contributed by atoms with E-state index >= 15 is 0 Å². The van der Waals surface area contributed by atoms with Crippen LogP contribution in [0.5, 0.6) is 0 Å². The van der Waals surface area contributed by atoms with Gasteiger partial charge in [-0.25, -0.2) is 4.39 Å². The van der Waals surface area contributed by atoms with Gasteiger partial charge in [0.25, 0.3) is 0 Å². The molecule has 0 unspecified atom stereocenters. The number of hydrogen-bond acceptors (Lipinski definition) is 4. The van der Waals surface area contributed by atoms with Crippen molar-refractivity contribution in [3.8, 4) is 0 Å². The van der Waals surface area contributed by atoms with Crippen molar-refractivity contribution in [3.05, 3.63) is 72.0 Å². The first-order valence-corrected chi connectivity index (χ1v) is 7.91. The molecule has 0 fully saturated rings. The quantitative estimate of drug-likeness (QED) is 0.538. The van der Waals surface area contributed by atoms with Gasteiger partial charge in [-0.05, 0) is 29.8 Å². The summed E-state index contributed by atoms with van der Waals surface area (Å²) in [5.74, 6) is -0.476. The topological polar surface area (TPSA) is 74.8 Å². The molecule has 0 amide bonds. The average Bonchev–Trinajstić information content (AvgIpc) is 2.55. The molecule has 5 heteroatoms. The van der Waals surface area contributed by atoms with Gasteiger partial charge in [-0.3, -0.25) is 4.98 Å². The highest BCUT2D eigenvalue weighted by Gasteiger charge is 2.17. The monoisotopic (exact) mass is 338 g/mol. The van der Waals surface area contributed by atoms with E-state index in [2.05, 4.69) is 16.9 Å². The summed E-state index contributed by atoms with van der Waals surface area (Å²) in [4.78, 5) is 4.02. The zero-order valence-electron chi connectivity index (χ0n) is 14.7. The molecule has 1 aromatic heterocycles. The SMILES string of the molecule is C=C(Nc1cc(C(=N)/C=C/c2cccnc2)c(N)cc1F)C(C)(C)C. The Morgan fingerprint density at radius 2 is 2.08 bits per heavy atom. The smallest absolute Gasteiger partial charge is 0.148 e. The number of nitrogens with two attached hydrogens (primary N) is 1. The van der Waals surface area contributed by atoms with Crippen molar-refractivity contribution >= 4 is 23.2 Å². The molecule has 130 valence electrons. The summed E-state index contributed by atoms with van der Waals surface area (Å²) in [7, 11) is 0. The van der Waals surface area contributed by atoms with Crippen molar-refractivity contribution < 1.29 is 4.39 Å². The molecule has 4 N–H and O–H groups in total. The molecular formula is C20H23FN4. The second kappa shape index (κ2) is 7.30. The van der Waals surface area contributed by atoms with E-state index in [0.29, 0.717) is 11.3 Å². The van der Waals surface area contributed by atoms with Crippen LogP contribution in [0, 0.1) is 16.6 Å². The molecule has 0 bridgehead atoms. The second-order valence-corrected chi connectivity index (χ2v) is 6.81. The zero-order chi connectivity index (χ0) is 18.6. The molecule has 0 aliphatic heterocycles. The maximum Gasteiger partial charge on any atom is 0.148 e. The summed E-state index contributed by atoms with van der Waals surface area (Å²) in [5.41, 5.74) is 8.33. The van der Waals surface area contributed by atoms with Gasteiger partial charge in [-0.1, -0.05) is 39.5 Å². The van der Waals surface area contributed by atoms with Crippen LogP contribution in [0.15, 0.2) is 55.0 Å². The molecule has 2 rings (SSSR count). The highest BCUT2D eigenvalue weighted by molar-refractivity contribution is 6.12. The number of nitrogens with one attached hydrogen (secondary N) is 2. The molecule has 25 heavy (non-hydrogen) atoms. The lowest BCUT2D eigenvalue weighted by Gasteiger charge is -2.24. The first-order valence-electron chi connectivity index (χ1n) is 7.91. The van der Waals surface area contributed by atoms with E-state index in [-0.39, 0.29) is 22.5 Å². The molecule has 1 heterocycles. The Kier molecular flexibility index (Phi) is 5.37. The normalized spacial score (nSPS) is 11.5. The van der Waals surface area contributed by atoms with Gasteiger partial charge in [0, 0.05) is 34.8 Å². The van der Waals surface area contributed by atoms with E-state index < -0.39 is 5.82 Å². The van der Waals surface area contributed by atoms with Crippen LogP contribution >= 0.6 is 0 Å². The maximum absolute atomic E-state index is 14.2. The highest BCUT2D eigenvalue weighted by atomic mass is 19.1. The first-order chi connectivity index (χ1) is 11.7. The summed E-state index contributed by atoms with van der Waals surface area (Å²) < 4.78 is 14.2. The van der Waals surface area contributed by atoms with Crippen LogP contribution in [0.4, 0.5) is 15.8 Å². The summed E-state index contributed by atoms with van der Waals surface area (Å²) in [6.45, 7) is 9.90. The number of benzene rings is 1. The maximum atomic E-state index is 14.2. The van der Waals surface area contributed by atoms with E-state index in [1.54, 1.807) is 24.5 Å². The first kappa shape index (κ1) is 18.4. The van der Waals surface area contributed by atoms with Gasteiger partial charge in [0.05, 0.1) is 11.4 Å². The Hall–Kier alpha value is -2.95. The van der Waals surface area contributed by atoms with Gasteiger partial charge in [0.15, 0.2) is 0 Å². The molecular weight excluding hydrogens is 315 g/mol. The van der Waals surface area contributed by atoms with Gasteiger partial charge >= 0.3 is 0 Å². The summed E-state index contributed by atoms with van der Waals surface area (Å²) in [6.07, 6.45) is 6.75. The fourth-order valence-corrected chi connectivity index (χ4v) is 2.01. The Labute approximate surface area is 147 Å². The molecule has 1 aromatic carbocycles. The Bertz CT molecular complexity index is 818. The number of rotatable bonds is 5. The van der Waals surface area contributed by atoms with E-state index in [9.17, 15) is 4.39 Å². The van der Waals surface area contributed by atoms with Crippen molar-refractivity contribution in [1.29, 1.82) is 5.41 Å². The standard InChI is InChI=1S/C20H23FN4/c1-13(20(2,3)4)25-19-10-15(18(23)11-16(19)21)17(22)8-7-14-6-5-9-24-12-14/h5-12,22,25H,1,23H2,2-4H3/b8-7+,22-17?. The van der Waals surface area contributed by atoms with Crippen LogP contribution in [0.25, 0.3) is 6.08 Å². The third-order valence-electron chi connectivity index (χ3n) is 3.75. The molecule has 0 aliphatic carbocycles. The van der Waals surface area contributed by atoms with Crippen molar-refractivity contribution in [2.45, 2.75) is 20.8 Å². The van der Waals surface area contributed by atoms with Crippen LogP contribution < -0.4 is 11.1 Å². The fraction of sp³-hybridized carbons (Fsp3) is 0.200. The lowest BCUT2D eigenvalue weighted by atomic mass is 9.92. The molecule has 0 spiro atoms. The fourth-order valence-electron chi connectivity index (χ4n) is 2.01. The molecule has 2 aromatic rings. The predicted octanol–water partition coefficient (Wildman–Crippen LogP) is 4.86. The number of nitrogen functional groups attached to an aromatic ring is 1. The average molecular weight is 338 g/mol. The Morgan fingerprint density at radius 3 is 2.68 bits per heavy atom. The highest BCUT2D eigenvalue weighted by Crippen LogP contribution is 2.29. The van der Waals surface area contributed by atoms with Crippen molar-refractivity contribution in [2.75, 3.05) is 11.1 Å². The van der Waals surface area contributed by atoms with Crippen LogP contribution in [-0.4, -0.2) is 10.7 Å². The van der Waals surface area contributed by atoms with E-state index in [1.807, 2.05) is 32.9 Å². The largest absolute Gasteiger partial charge is 0.398 e. The number of allylic oxidation sites excluding steroid dienone is 2. The predicted molar refractivity (Wildman–Crippen MR) is 103 cm³/mol. The summed E-state index contributed by atoms with van der Waals surface area (Å²) in [5, 5.41) is 11.2. The van der Waals surface area contributed by atoms with Gasteiger partial charge in [0.1, 0.15) is 5.82 Å². The van der Waals surface area contributed by atoms with E-state index in [4.69, 9.17) is 11.1 Å². The van der Waals surface area contributed by atoms with Gasteiger partial charge in [-0.2, -0.15) is 0 Å². The third kappa shape index (κ3) is 4.76. The number of anilines is 2. The van der Waals surface area contributed by atoms with E-state index in [0.717, 1.165) is 5.56 Å². The van der Waals surface area contributed by atoms with Crippen molar-refractivity contribution in [1.82, 2.24) is 4.98 Å². The van der Waals surface area contributed by atoms with Crippen LogP contribution in [0.3, 0.4) is 0 Å². The third-order valence-corrected chi connectivity index (χ3v) is 3.75. The second-order valence-electron chi connectivity index (χ2n) is 6.81. The summed E-state index contributed by atoms with van der Waals surface area (Å²) in [6, 6.07) is 6.46. The summed E-state index contributed by atoms with van der Waals surface area (Å²) >= 11 is 0. The van der Waals surface area contributed by atoms with Crippen molar-refractivity contribution in [3.63, 3.8) is 0 Å². The lowest BCUT2D eigenvalue weighted by molar-refractivity contribution is 0.508.